The Bertz CT molecular complexity index is 407. The molecule has 4 heteroatoms. The summed E-state index contributed by atoms with van der Waals surface area (Å²) in [6.45, 7) is 4.93. The zero-order valence-corrected chi connectivity index (χ0v) is 18.5. The van der Waals surface area contributed by atoms with Gasteiger partial charge < -0.3 is 9.47 Å². The van der Waals surface area contributed by atoms with Gasteiger partial charge in [-0.2, -0.15) is 0 Å². The molecule has 0 aromatic carbocycles. The number of hydrogen-bond donors (Lipinski definition) is 0. The van der Waals surface area contributed by atoms with Crippen molar-refractivity contribution in [3.05, 3.63) is 0 Å². The minimum absolute atomic E-state index is 0.194. The first-order valence-corrected chi connectivity index (χ1v) is 12.0. The quantitative estimate of drug-likeness (QED) is 0.218. The van der Waals surface area contributed by atoms with E-state index in [1.165, 1.54) is 64.2 Å². The van der Waals surface area contributed by atoms with Crippen molar-refractivity contribution in [2.75, 3.05) is 13.2 Å². The number of unbranched alkanes of at least 4 members (excludes halogenated alkanes) is 11. The molecule has 0 heterocycles. The molecular formula is C24H44O4. The molecule has 2 atom stereocenters. The summed E-state index contributed by atoms with van der Waals surface area (Å²) in [6, 6.07) is 0. The number of carbonyl (C=O) groups is 2. The highest BCUT2D eigenvalue weighted by molar-refractivity contribution is 5.82. The third-order valence-electron chi connectivity index (χ3n) is 5.90. The summed E-state index contributed by atoms with van der Waals surface area (Å²) in [6.07, 6.45) is 19.0. The fourth-order valence-electron chi connectivity index (χ4n) is 4.17. The average Bonchev–Trinajstić information content (AvgIpc) is 2.71. The van der Waals surface area contributed by atoms with Crippen LogP contribution in [0.15, 0.2) is 0 Å². The molecule has 0 saturated heterocycles. The summed E-state index contributed by atoms with van der Waals surface area (Å²) in [5.74, 6) is -1.02. The van der Waals surface area contributed by atoms with Crippen LogP contribution in [-0.4, -0.2) is 25.2 Å². The molecule has 1 aliphatic rings. The van der Waals surface area contributed by atoms with Gasteiger partial charge in [0.15, 0.2) is 0 Å². The van der Waals surface area contributed by atoms with Crippen molar-refractivity contribution in [1.29, 1.82) is 0 Å². The monoisotopic (exact) mass is 396 g/mol. The third-order valence-corrected chi connectivity index (χ3v) is 5.90. The highest BCUT2D eigenvalue weighted by Crippen LogP contribution is 2.32. The van der Waals surface area contributed by atoms with Gasteiger partial charge in [-0.25, -0.2) is 0 Å². The molecule has 0 aromatic rings. The zero-order chi connectivity index (χ0) is 20.5. The maximum atomic E-state index is 12.4. The molecule has 0 aromatic heterocycles. The number of hydrogen-bond acceptors (Lipinski definition) is 4. The lowest BCUT2D eigenvalue weighted by Crippen LogP contribution is -2.35. The van der Waals surface area contributed by atoms with E-state index in [4.69, 9.17) is 9.47 Å². The van der Waals surface area contributed by atoms with Gasteiger partial charge in [-0.1, -0.05) is 90.4 Å². The smallest absolute Gasteiger partial charge is 0.309 e. The van der Waals surface area contributed by atoms with E-state index in [0.717, 1.165) is 38.5 Å². The van der Waals surface area contributed by atoms with Crippen molar-refractivity contribution in [2.24, 2.45) is 11.8 Å². The van der Waals surface area contributed by atoms with Gasteiger partial charge >= 0.3 is 11.9 Å². The van der Waals surface area contributed by atoms with Crippen LogP contribution in [-0.2, 0) is 19.1 Å². The Kier molecular flexibility index (Phi) is 15.0. The second-order valence-electron chi connectivity index (χ2n) is 8.31. The van der Waals surface area contributed by atoms with E-state index < -0.39 is 0 Å². The van der Waals surface area contributed by atoms with Crippen molar-refractivity contribution in [1.82, 2.24) is 0 Å². The molecule has 1 fully saturated rings. The largest absolute Gasteiger partial charge is 0.466 e. The Labute approximate surface area is 173 Å². The summed E-state index contributed by atoms with van der Waals surface area (Å²) in [7, 11) is 0. The van der Waals surface area contributed by atoms with Gasteiger partial charge in [0.2, 0.25) is 0 Å². The summed E-state index contributed by atoms with van der Waals surface area (Å²) in [5, 5.41) is 0. The molecule has 1 aliphatic carbocycles. The average molecular weight is 397 g/mol. The first kappa shape index (κ1) is 25.0. The van der Waals surface area contributed by atoms with Gasteiger partial charge in [0.25, 0.3) is 0 Å². The molecule has 1 saturated carbocycles. The lowest BCUT2D eigenvalue weighted by molar-refractivity contribution is -0.162. The van der Waals surface area contributed by atoms with E-state index >= 15 is 0 Å². The first-order chi connectivity index (χ1) is 13.7. The van der Waals surface area contributed by atoms with Crippen molar-refractivity contribution in [3.63, 3.8) is 0 Å². The third kappa shape index (κ3) is 11.1. The van der Waals surface area contributed by atoms with Crippen LogP contribution in [0.4, 0.5) is 0 Å². The fourth-order valence-corrected chi connectivity index (χ4v) is 4.17. The van der Waals surface area contributed by atoms with E-state index in [9.17, 15) is 9.59 Å². The van der Waals surface area contributed by atoms with Crippen LogP contribution in [0.3, 0.4) is 0 Å². The predicted molar refractivity (Wildman–Crippen MR) is 114 cm³/mol. The van der Waals surface area contributed by atoms with E-state index in [0.29, 0.717) is 13.2 Å². The zero-order valence-electron chi connectivity index (χ0n) is 18.5. The Morgan fingerprint density at radius 2 is 1.07 bits per heavy atom. The first-order valence-electron chi connectivity index (χ1n) is 12.0. The van der Waals surface area contributed by atoms with Crippen LogP contribution < -0.4 is 0 Å². The minimum atomic E-state index is -0.303. The maximum absolute atomic E-state index is 12.4. The standard InChI is InChI=1S/C24H44O4/c1-3-5-6-7-8-9-10-11-12-13-14-17-20-28-24(26)22-19-16-15-18-21(22)23(25)27-4-2/h21-22H,3-20H2,1-2H3. The Balaban J connectivity index is 2.01. The molecule has 2 unspecified atom stereocenters. The molecular weight excluding hydrogens is 352 g/mol. The maximum Gasteiger partial charge on any atom is 0.309 e. The van der Waals surface area contributed by atoms with E-state index in [-0.39, 0.29) is 23.8 Å². The lowest BCUT2D eigenvalue weighted by Gasteiger charge is -2.28. The Morgan fingerprint density at radius 1 is 0.643 bits per heavy atom. The van der Waals surface area contributed by atoms with Crippen molar-refractivity contribution < 1.29 is 19.1 Å². The molecule has 164 valence electrons. The molecule has 0 radical (unpaired) electrons. The normalized spacial score (nSPS) is 19.4. The second-order valence-corrected chi connectivity index (χ2v) is 8.31. The molecule has 28 heavy (non-hydrogen) atoms. The van der Waals surface area contributed by atoms with Crippen molar-refractivity contribution in [2.45, 2.75) is 117 Å². The molecule has 0 N–H and O–H groups in total. The minimum Gasteiger partial charge on any atom is -0.466 e. The number of esters is 2. The van der Waals surface area contributed by atoms with Gasteiger partial charge in [-0.3, -0.25) is 9.59 Å². The van der Waals surface area contributed by atoms with Crippen molar-refractivity contribution in [3.8, 4) is 0 Å². The molecule has 4 nitrogen and oxygen atoms in total. The summed E-state index contributed by atoms with van der Waals surface area (Å²) in [5.41, 5.74) is 0. The van der Waals surface area contributed by atoms with Gasteiger partial charge in [-0.05, 0) is 26.2 Å². The van der Waals surface area contributed by atoms with Gasteiger partial charge in [0.1, 0.15) is 0 Å². The van der Waals surface area contributed by atoms with Gasteiger partial charge in [0, 0.05) is 0 Å². The summed E-state index contributed by atoms with van der Waals surface area (Å²) in [4.78, 5) is 24.5. The van der Waals surface area contributed by atoms with E-state index in [1.54, 1.807) is 0 Å². The van der Waals surface area contributed by atoms with Crippen LogP contribution in [0.25, 0.3) is 0 Å². The highest BCUT2D eigenvalue weighted by Gasteiger charge is 2.37. The molecule has 0 spiro atoms. The second kappa shape index (κ2) is 16.9. The summed E-state index contributed by atoms with van der Waals surface area (Å²) >= 11 is 0. The fraction of sp³-hybridized carbons (Fsp3) is 0.917. The van der Waals surface area contributed by atoms with Crippen LogP contribution in [0.2, 0.25) is 0 Å². The van der Waals surface area contributed by atoms with Crippen LogP contribution >= 0.6 is 0 Å². The van der Waals surface area contributed by atoms with E-state index in [1.807, 2.05) is 6.92 Å². The molecule has 1 rings (SSSR count). The SMILES string of the molecule is CCCCCCCCCCCCCCOC(=O)C1CCCCC1C(=O)OCC. The topological polar surface area (TPSA) is 52.6 Å². The Hall–Kier alpha value is -1.06. The summed E-state index contributed by atoms with van der Waals surface area (Å²) < 4.78 is 10.6. The van der Waals surface area contributed by atoms with Gasteiger partial charge in [0.05, 0.1) is 25.0 Å². The van der Waals surface area contributed by atoms with E-state index in [2.05, 4.69) is 6.92 Å². The van der Waals surface area contributed by atoms with Crippen molar-refractivity contribution >= 4 is 11.9 Å². The lowest BCUT2D eigenvalue weighted by atomic mass is 9.79. The van der Waals surface area contributed by atoms with Crippen LogP contribution in [0.1, 0.15) is 117 Å². The van der Waals surface area contributed by atoms with Crippen LogP contribution in [0.5, 0.6) is 0 Å². The predicted octanol–water partition coefficient (Wildman–Crippen LogP) is 6.60. The Morgan fingerprint density at radius 3 is 1.54 bits per heavy atom. The molecule has 0 aliphatic heterocycles. The van der Waals surface area contributed by atoms with Gasteiger partial charge in [-0.15, -0.1) is 0 Å². The molecule has 0 bridgehead atoms. The number of ether oxygens (including phenoxy) is 2. The van der Waals surface area contributed by atoms with Crippen LogP contribution in [0, 0.1) is 11.8 Å². The number of rotatable bonds is 16. The number of carbonyl (C=O) groups excluding carboxylic acids is 2. The highest BCUT2D eigenvalue weighted by atomic mass is 16.5. The molecule has 0 amide bonds.